The first-order valence-corrected chi connectivity index (χ1v) is 6.95. The molecule has 0 spiro atoms. The van der Waals surface area contributed by atoms with Gasteiger partial charge in [-0.25, -0.2) is 4.39 Å². The molecular formula is C15H14Cl2FNO. The lowest BCUT2D eigenvalue weighted by atomic mass is 10.2. The third kappa shape index (κ3) is 4.02. The van der Waals surface area contributed by atoms with Gasteiger partial charge in [0.15, 0.2) is 0 Å². The van der Waals surface area contributed by atoms with Gasteiger partial charge in [-0.15, -0.1) is 0 Å². The fraction of sp³-hybridized carbons (Fsp3) is 0.200. The van der Waals surface area contributed by atoms with Gasteiger partial charge in [0.05, 0.1) is 12.3 Å². The first kappa shape index (κ1) is 14.9. The van der Waals surface area contributed by atoms with Crippen molar-refractivity contribution < 1.29 is 9.13 Å². The lowest BCUT2D eigenvalue weighted by molar-refractivity contribution is 0.341. The van der Waals surface area contributed by atoms with Crippen molar-refractivity contribution in [2.75, 3.05) is 11.9 Å². The number of ether oxygens (including phenoxy) is 1. The normalized spacial score (nSPS) is 10.4. The highest BCUT2D eigenvalue weighted by Crippen LogP contribution is 2.28. The smallest absolute Gasteiger partial charge is 0.142 e. The Bertz CT molecular complexity index is 584. The molecule has 2 aromatic rings. The van der Waals surface area contributed by atoms with Crippen LogP contribution in [-0.4, -0.2) is 6.61 Å². The van der Waals surface area contributed by atoms with E-state index >= 15 is 0 Å². The summed E-state index contributed by atoms with van der Waals surface area (Å²) >= 11 is 11.8. The maximum absolute atomic E-state index is 13.3. The zero-order valence-corrected chi connectivity index (χ0v) is 12.4. The van der Waals surface area contributed by atoms with Gasteiger partial charge in [-0.2, -0.15) is 0 Å². The second-order valence-electron chi connectivity index (χ2n) is 4.20. The molecule has 0 saturated heterocycles. The third-order valence-corrected chi connectivity index (χ3v) is 3.10. The van der Waals surface area contributed by atoms with E-state index in [0.717, 1.165) is 11.3 Å². The van der Waals surface area contributed by atoms with Crippen LogP contribution < -0.4 is 10.1 Å². The molecule has 0 aliphatic carbocycles. The Kier molecular flexibility index (Phi) is 5.10. The van der Waals surface area contributed by atoms with Crippen molar-refractivity contribution in [1.82, 2.24) is 0 Å². The van der Waals surface area contributed by atoms with Crippen LogP contribution in [-0.2, 0) is 6.54 Å². The molecular weight excluding hydrogens is 300 g/mol. The lowest BCUT2D eigenvalue weighted by Gasteiger charge is -2.13. The third-order valence-electron chi connectivity index (χ3n) is 2.65. The summed E-state index contributed by atoms with van der Waals surface area (Å²) in [5.74, 6) is 0.352. The number of hydrogen-bond acceptors (Lipinski definition) is 2. The fourth-order valence-electron chi connectivity index (χ4n) is 1.83. The molecule has 0 unspecified atom stereocenters. The highest BCUT2D eigenvalue weighted by atomic mass is 35.5. The summed E-state index contributed by atoms with van der Waals surface area (Å²) in [6, 6.07) is 9.75. The number of hydrogen-bond donors (Lipinski definition) is 1. The summed E-state index contributed by atoms with van der Waals surface area (Å²) in [5.41, 5.74) is 1.51. The Hall–Kier alpha value is -1.45. The van der Waals surface area contributed by atoms with Crippen molar-refractivity contribution in [2.24, 2.45) is 0 Å². The van der Waals surface area contributed by atoms with Crippen LogP contribution in [0.15, 0.2) is 36.4 Å². The number of anilines is 1. The van der Waals surface area contributed by atoms with Crippen LogP contribution in [0, 0.1) is 5.82 Å². The lowest BCUT2D eigenvalue weighted by Crippen LogP contribution is -2.03. The first-order valence-electron chi connectivity index (χ1n) is 6.19. The monoisotopic (exact) mass is 313 g/mol. The van der Waals surface area contributed by atoms with Crippen molar-refractivity contribution >= 4 is 28.9 Å². The summed E-state index contributed by atoms with van der Waals surface area (Å²) in [5, 5.41) is 4.15. The van der Waals surface area contributed by atoms with E-state index in [9.17, 15) is 4.39 Å². The number of nitrogens with one attached hydrogen (secondary N) is 1. The minimum absolute atomic E-state index is 0.356. The quantitative estimate of drug-likeness (QED) is 0.824. The average molecular weight is 314 g/mol. The molecule has 2 rings (SSSR count). The minimum atomic E-state index is -0.356. The van der Waals surface area contributed by atoms with Crippen molar-refractivity contribution in [3.05, 3.63) is 57.8 Å². The number of rotatable bonds is 5. The van der Waals surface area contributed by atoms with Gasteiger partial charge in [0, 0.05) is 16.6 Å². The molecule has 0 amide bonds. The molecule has 1 N–H and O–H groups in total. The molecule has 20 heavy (non-hydrogen) atoms. The molecule has 0 saturated carbocycles. The predicted octanol–water partition coefficient (Wildman–Crippen LogP) is 5.14. The average Bonchev–Trinajstić information content (AvgIpc) is 2.38. The first-order chi connectivity index (χ1) is 9.58. The summed E-state index contributed by atoms with van der Waals surface area (Å²) in [4.78, 5) is 0. The van der Waals surface area contributed by atoms with Crippen molar-refractivity contribution in [1.29, 1.82) is 0 Å². The highest BCUT2D eigenvalue weighted by Gasteiger charge is 2.05. The second-order valence-corrected chi connectivity index (χ2v) is 5.08. The molecule has 0 bridgehead atoms. The molecule has 0 aromatic heterocycles. The Labute approximate surface area is 127 Å². The number of halogens is 3. The highest BCUT2D eigenvalue weighted by molar-refractivity contribution is 6.31. The van der Waals surface area contributed by atoms with Crippen LogP contribution in [0.4, 0.5) is 10.1 Å². The Morgan fingerprint density at radius 2 is 1.90 bits per heavy atom. The summed E-state index contributed by atoms with van der Waals surface area (Å²) in [7, 11) is 0. The standard InChI is InChI=1S/C15H14Cl2FNO/c1-2-20-15-4-3-11(16)8-14(15)19-9-10-5-12(17)7-13(18)6-10/h3-8,19H,2,9H2,1H3. The Balaban J connectivity index is 2.15. The molecule has 0 aliphatic rings. The van der Waals surface area contributed by atoms with Gasteiger partial charge in [0.25, 0.3) is 0 Å². The molecule has 0 aliphatic heterocycles. The van der Waals surface area contributed by atoms with Crippen LogP contribution >= 0.6 is 23.2 Å². The van der Waals surface area contributed by atoms with E-state index in [0.29, 0.717) is 28.9 Å². The minimum Gasteiger partial charge on any atom is -0.492 e. The molecule has 0 heterocycles. The Morgan fingerprint density at radius 1 is 1.10 bits per heavy atom. The number of benzene rings is 2. The zero-order valence-electron chi connectivity index (χ0n) is 10.9. The topological polar surface area (TPSA) is 21.3 Å². The molecule has 0 radical (unpaired) electrons. The van der Waals surface area contributed by atoms with E-state index in [-0.39, 0.29) is 5.82 Å². The zero-order chi connectivity index (χ0) is 14.5. The van der Waals surface area contributed by atoms with Gasteiger partial charge in [-0.1, -0.05) is 23.2 Å². The van der Waals surface area contributed by atoms with Gasteiger partial charge in [-0.05, 0) is 48.9 Å². The van der Waals surface area contributed by atoms with E-state index in [1.165, 1.54) is 12.1 Å². The largest absolute Gasteiger partial charge is 0.492 e. The maximum atomic E-state index is 13.3. The van der Waals surface area contributed by atoms with Crippen LogP contribution in [0.25, 0.3) is 0 Å². The van der Waals surface area contributed by atoms with Crippen molar-refractivity contribution in [3.63, 3.8) is 0 Å². The molecule has 106 valence electrons. The molecule has 5 heteroatoms. The van der Waals surface area contributed by atoms with Crippen LogP contribution in [0.1, 0.15) is 12.5 Å². The van der Waals surface area contributed by atoms with Gasteiger partial charge < -0.3 is 10.1 Å². The van der Waals surface area contributed by atoms with Crippen LogP contribution in [0.5, 0.6) is 5.75 Å². The molecule has 2 aromatic carbocycles. The fourth-order valence-corrected chi connectivity index (χ4v) is 2.25. The summed E-state index contributed by atoms with van der Waals surface area (Å²) in [6.45, 7) is 2.89. The molecule has 0 fully saturated rings. The van der Waals surface area contributed by atoms with E-state index in [4.69, 9.17) is 27.9 Å². The summed E-state index contributed by atoms with van der Waals surface area (Å²) < 4.78 is 18.8. The van der Waals surface area contributed by atoms with E-state index < -0.39 is 0 Å². The molecule has 0 atom stereocenters. The van der Waals surface area contributed by atoms with E-state index in [1.807, 2.05) is 6.92 Å². The van der Waals surface area contributed by atoms with Gasteiger partial charge in [0.2, 0.25) is 0 Å². The van der Waals surface area contributed by atoms with Crippen LogP contribution in [0.3, 0.4) is 0 Å². The van der Waals surface area contributed by atoms with E-state index in [1.54, 1.807) is 24.3 Å². The van der Waals surface area contributed by atoms with Gasteiger partial charge in [-0.3, -0.25) is 0 Å². The van der Waals surface area contributed by atoms with Crippen molar-refractivity contribution in [2.45, 2.75) is 13.5 Å². The predicted molar refractivity (Wildman–Crippen MR) is 81.4 cm³/mol. The molecule has 2 nitrogen and oxygen atoms in total. The maximum Gasteiger partial charge on any atom is 0.142 e. The van der Waals surface area contributed by atoms with Gasteiger partial charge >= 0.3 is 0 Å². The SMILES string of the molecule is CCOc1ccc(Cl)cc1NCc1cc(F)cc(Cl)c1. The summed E-state index contributed by atoms with van der Waals surface area (Å²) in [6.07, 6.45) is 0. The van der Waals surface area contributed by atoms with Crippen molar-refractivity contribution in [3.8, 4) is 5.75 Å². The second kappa shape index (κ2) is 6.82. The Morgan fingerprint density at radius 3 is 2.60 bits per heavy atom. The van der Waals surface area contributed by atoms with E-state index in [2.05, 4.69) is 5.32 Å². The van der Waals surface area contributed by atoms with Gasteiger partial charge in [0.1, 0.15) is 11.6 Å². The van der Waals surface area contributed by atoms with Crippen LogP contribution in [0.2, 0.25) is 10.0 Å².